The van der Waals surface area contributed by atoms with Crippen LogP contribution in [0, 0.1) is 20.2 Å². The fraction of sp³-hybridized carbons (Fsp3) is 0.833. The van der Waals surface area contributed by atoms with E-state index in [-0.39, 0.29) is 30.2 Å². The number of halogens is 1. The smallest absolute Gasteiger partial charge is 0.299 e. The van der Waals surface area contributed by atoms with E-state index in [4.69, 9.17) is 68.4 Å². The molecule has 1 N–H and O–H groups in total. The van der Waals surface area contributed by atoms with Gasteiger partial charge < -0.3 is 62.2 Å². The Labute approximate surface area is 335 Å². The van der Waals surface area contributed by atoms with Crippen molar-refractivity contribution in [3.63, 3.8) is 0 Å². The molecular weight excluding hydrogens is 766 g/mol. The third kappa shape index (κ3) is 33.7. The molecular formula is C36H64ClN3O16. The monoisotopic (exact) mass is 829 g/mol. The van der Waals surface area contributed by atoms with E-state index >= 15 is 0 Å². The predicted molar refractivity (Wildman–Crippen MR) is 207 cm³/mol. The Hall–Kier alpha value is -2.37. The number of nitro benzene ring substituents is 2. The van der Waals surface area contributed by atoms with Crippen LogP contribution in [0.25, 0.3) is 0 Å². The van der Waals surface area contributed by atoms with Gasteiger partial charge in [0.2, 0.25) is 0 Å². The van der Waals surface area contributed by atoms with Gasteiger partial charge in [-0.1, -0.05) is 12.8 Å². The van der Waals surface area contributed by atoms with Gasteiger partial charge in [0.15, 0.2) is 0 Å². The summed E-state index contributed by atoms with van der Waals surface area (Å²) in [5.74, 6) is 0.733. The van der Waals surface area contributed by atoms with Crippen LogP contribution in [0.15, 0.2) is 18.2 Å². The number of benzene rings is 1. The summed E-state index contributed by atoms with van der Waals surface area (Å²) in [5, 5.41) is 24.8. The Bertz CT molecular complexity index is 1050. The van der Waals surface area contributed by atoms with Gasteiger partial charge >= 0.3 is 0 Å². The lowest BCUT2D eigenvalue weighted by molar-refractivity contribution is -0.393. The second kappa shape index (κ2) is 40.8. The number of nitrogens with one attached hydrogen (secondary N) is 1. The number of nitro groups is 2. The van der Waals surface area contributed by atoms with Gasteiger partial charge in [0.1, 0.15) is 5.69 Å². The van der Waals surface area contributed by atoms with E-state index < -0.39 is 9.85 Å². The van der Waals surface area contributed by atoms with Crippen molar-refractivity contribution < 1.29 is 66.7 Å². The van der Waals surface area contributed by atoms with Gasteiger partial charge in [0.25, 0.3) is 11.4 Å². The molecule has 0 saturated carbocycles. The molecule has 0 bridgehead atoms. The zero-order chi connectivity index (χ0) is 40.4. The second-order valence-electron chi connectivity index (χ2n) is 11.6. The first-order valence-corrected chi connectivity index (χ1v) is 19.7. The van der Waals surface area contributed by atoms with E-state index in [1.807, 2.05) is 0 Å². The molecule has 0 atom stereocenters. The molecule has 20 heteroatoms. The van der Waals surface area contributed by atoms with Crippen molar-refractivity contribution in [1.82, 2.24) is 0 Å². The van der Waals surface area contributed by atoms with Gasteiger partial charge in [-0.15, -0.1) is 11.6 Å². The van der Waals surface area contributed by atoms with E-state index in [1.165, 1.54) is 12.1 Å². The minimum Gasteiger partial charge on any atom is -0.379 e. The first kappa shape index (κ1) is 51.6. The maximum Gasteiger partial charge on any atom is 0.299 e. The van der Waals surface area contributed by atoms with Crippen LogP contribution >= 0.6 is 11.6 Å². The normalized spacial score (nSPS) is 11.4. The summed E-state index contributed by atoms with van der Waals surface area (Å²) in [7, 11) is 0. The van der Waals surface area contributed by atoms with Gasteiger partial charge in [-0.25, -0.2) is 0 Å². The van der Waals surface area contributed by atoms with Crippen LogP contribution in [0.2, 0.25) is 0 Å². The Morgan fingerprint density at radius 2 is 0.750 bits per heavy atom. The van der Waals surface area contributed by atoms with E-state index in [0.717, 1.165) is 44.2 Å². The molecule has 0 spiro atoms. The molecule has 56 heavy (non-hydrogen) atoms. The standard InChI is InChI=1S/C36H64ClN3O16/c37-7-3-1-2-4-9-45-11-13-47-15-17-49-19-21-51-23-25-53-27-29-55-31-32-56-30-28-54-26-24-52-22-20-50-18-16-48-14-12-46-10-8-38-35-6-5-34(39(41)42)33-36(35)40(43)44/h5-6,33,38H,1-4,7-32H2. The van der Waals surface area contributed by atoms with Crippen molar-refractivity contribution in [2.75, 3.05) is 176 Å². The first-order valence-electron chi connectivity index (χ1n) is 19.2. The highest BCUT2D eigenvalue weighted by atomic mass is 35.5. The number of rotatable bonds is 45. The minimum atomic E-state index is -0.681. The van der Waals surface area contributed by atoms with Gasteiger partial charge in [0.05, 0.1) is 168 Å². The second-order valence-corrected chi connectivity index (χ2v) is 12.0. The van der Waals surface area contributed by atoms with Crippen molar-refractivity contribution in [3.05, 3.63) is 38.4 Å². The minimum absolute atomic E-state index is 0.184. The number of non-ortho nitro benzene ring substituents is 1. The van der Waals surface area contributed by atoms with Gasteiger partial charge in [-0.05, 0) is 18.9 Å². The summed E-state index contributed by atoms with van der Waals surface area (Å²) < 4.78 is 65.7. The molecule has 0 aliphatic heterocycles. The van der Waals surface area contributed by atoms with Crippen molar-refractivity contribution in [3.8, 4) is 0 Å². The Kier molecular flexibility index (Phi) is 37.6. The van der Waals surface area contributed by atoms with E-state index in [1.54, 1.807) is 0 Å². The van der Waals surface area contributed by atoms with E-state index in [0.29, 0.717) is 145 Å². The lowest BCUT2D eigenvalue weighted by Gasteiger charge is -2.09. The van der Waals surface area contributed by atoms with Gasteiger partial charge in [-0.2, -0.15) is 0 Å². The molecule has 1 rings (SSSR count). The number of unbranched alkanes of at least 4 members (excludes halogenated alkanes) is 3. The Morgan fingerprint density at radius 3 is 1.07 bits per heavy atom. The van der Waals surface area contributed by atoms with E-state index in [2.05, 4.69) is 5.32 Å². The zero-order valence-corrected chi connectivity index (χ0v) is 33.5. The molecule has 1 aromatic carbocycles. The number of ether oxygens (including phenoxy) is 12. The molecule has 0 heterocycles. The summed E-state index contributed by atoms with van der Waals surface area (Å²) in [4.78, 5) is 20.6. The number of anilines is 1. The van der Waals surface area contributed by atoms with Gasteiger partial charge in [-0.3, -0.25) is 20.2 Å². The highest BCUT2D eigenvalue weighted by Gasteiger charge is 2.19. The molecule has 1 aromatic rings. The van der Waals surface area contributed by atoms with Crippen LogP contribution < -0.4 is 5.32 Å². The lowest BCUT2D eigenvalue weighted by atomic mass is 10.2. The first-order chi connectivity index (χ1) is 27.6. The topological polar surface area (TPSA) is 209 Å². The third-order valence-corrected chi connectivity index (χ3v) is 7.48. The maximum absolute atomic E-state index is 11.2. The largest absolute Gasteiger partial charge is 0.379 e. The summed E-state index contributed by atoms with van der Waals surface area (Å²) in [6, 6.07) is 3.43. The van der Waals surface area contributed by atoms with Crippen molar-refractivity contribution >= 4 is 28.7 Å². The summed E-state index contributed by atoms with van der Waals surface area (Å²) in [6.45, 7) is 11.8. The molecule has 0 aromatic heterocycles. The summed E-state index contributed by atoms with van der Waals surface area (Å²) >= 11 is 5.65. The molecule has 0 unspecified atom stereocenters. The molecule has 19 nitrogen and oxygen atoms in total. The molecule has 0 fully saturated rings. The summed E-state index contributed by atoms with van der Waals surface area (Å²) in [5.41, 5.74) is -0.529. The highest BCUT2D eigenvalue weighted by molar-refractivity contribution is 6.17. The average molecular weight is 830 g/mol. The van der Waals surface area contributed by atoms with Crippen molar-refractivity contribution in [2.45, 2.75) is 25.7 Å². The zero-order valence-electron chi connectivity index (χ0n) is 32.7. The molecule has 0 saturated heterocycles. The van der Waals surface area contributed by atoms with Crippen LogP contribution in [0.1, 0.15) is 25.7 Å². The SMILES string of the molecule is O=[N+]([O-])c1ccc(NCCOCCOCCOCCOCCOCCOCCOCCOCCOCCOCCOCCOCCCCCCCl)c([N+](=O)[O-])c1. The lowest BCUT2D eigenvalue weighted by Crippen LogP contribution is -2.16. The average Bonchev–Trinajstić information content (AvgIpc) is 3.19. The fourth-order valence-corrected chi connectivity index (χ4v) is 4.55. The molecule has 0 aliphatic rings. The Balaban J connectivity index is 1.68. The summed E-state index contributed by atoms with van der Waals surface area (Å²) in [6.07, 6.45) is 4.45. The number of alkyl halides is 1. The van der Waals surface area contributed by atoms with Crippen LogP contribution in [0.5, 0.6) is 0 Å². The van der Waals surface area contributed by atoms with Crippen LogP contribution in [0.3, 0.4) is 0 Å². The molecule has 326 valence electrons. The van der Waals surface area contributed by atoms with Crippen LogP contribution in [0.4, 0.5) is 17.1 Å². The predicted octanol–water partition coefficient (Wildman–Crippen LogP) is 3.91. The maximum atomic E-state index is 11.2. The quantitative estimate of drug-likeness (QED) is 0.0428. The van der Waals surface area contributed by atoms with E-state index in [9.17, 15) is 20.2 Å². The van der Waals surface area contributed by atoms with Crippen LogP contribution in [-0.4, -0.2) is 181 Å². The fourth-order valence-electron chi connectivity index (χ4n) is 4.37. The number of nitrogens with zero attached hydrogens (tertiary/aromatic N) is 2. The number of hydrogen-bond donors (Lipinski definition) is 1. The molecule has 0 amide bonds. The third-order valence-electron chi connectivity index (χ3n) is 7.22. The highest BCUT2D eigenvalue weighted by Crippen LogP contribution is 2.28. The van der Waals surface area contributed by atoms with Gasteiger partial charge in [0, 0.05) is 25.1 Å². The molecule has 0 radical (unpaired) electrons. The number of hydrogen-bond acceptors (Lipinski definition) is 17. The van der Waals surface area contributed by atoms with Crippen LogP contribution in [-0.2, 0) is 56.8 Å². The van der Waals surface area contributed by atoms with Crippen molar-refractivity contribution in [2.24, 2.45) is 0 Å². The Morgan fingerprint density at radius 1 is 0.429 bits per heavy atom. The van der Waals surface area contributed by atoms with Crippen molar-refractivity contribution in [1.29, 1.82) is 0 Å². The molecule has 0 aliphatic carbocycles.